The molecule has 0 aromatic heterocycles. The topological polar surface area (TPSA) is 55.8 Å². The molecule has 2 rings (SSSR count). The molecule has 1 aromatic carbocycles. The molecule has 138 valence electrons. The molecule has 0 bridgehead atoms. The van der Waals surface area contributed by atoms with Crippen LogP contribution in [0.25, 0.3) is 0 Å². The van der Waals surface area contributed by atoms with Crippen molar-refractivity contribution in [2.24, 2.45) is 0 Å². The Hall–Kier alpha value is -2.82. The van der Waals surface area contributed by atoms with Crippen LogP contribution in [0.5, 0.6) is 0 Å². The van der Waals surface area contributed by atoms with Gasteiger partial charge in [0.05, 0.1) is 31.3 Å². The number of nitrogens with zero attached hydrogens (tertiary/aromatic N) is 1. The van der Waals surface area contributed by atoms with Crippen molar-refractivity contribution in [1.82, 2.24) is 4.90 Å². The van der Waals surface area contributed by atoms with Gasteiger partial charge in [-0.1, -0.05) is 43.3 Å². The van der Waals surface area contributed by atoms with Crippen molar-refractivity contribution >= 4 is 11.9 Å². The highest BCUT2D eigenvalue weighted by Crippen LogP contribution is 2.42. The fourth-order valence-corrected chi connectivity index (χ4v) is 3.24. The second-order valence-electron chi connectivity index (χ2n) is 5.99. The first-order chi connectivity index (χ1) is 12.5. The van der Waals surface area contributed by atoms with Crippen LogP contribution in [0.15, 0.2) is 65.1 Å². The van der Waals surface area contributed by atoms with Gasteiger partial charge in [0.1, 0.15) is 0 Å². The highest BCUT2D eigenvalue weighted by Gasteiger charge is 2.39. The summed E-state index contributed by atoms with van der Waals surface area (Å²) in [7, 11) is 2.69. The number of hydrogen-bond donors (Lipinski definition) is 0. The number of rotatable bonds is 5. The first kappa shape index (κ1) is 19.5. The Morgan fingerprint density at radius 2 is 1.50 bits per heavy atom. The predicted octanol–water partition coefficient (Wildman–Crippen LogP) is 3.90. The van der Waals surface area contributed by atoms with E-state index in [0.29, 0.717) is 11.1 Å². The lowest BCUT2D eigenvalue weighted by Crippen LogP contribution is -2.32. The maximum absolute atomic E-state index is 12.6. The van der Waals surface area contributed by atoms with E-state index in [0.717, 1.165) is 23.4 Å². The molecule has 1 aliphatic rings. The molecule has 0 aliphatic carbocycles. The smallest absolute Gasteiger partial charge is 0.336 e. The summed E-state index contributed by atoms with van der Waals surface area (Å²) in [4.78, 5) is 27.1. The third-order valence-electron chi connectivity index (χ3n) is 4.51. The zero-order valence-corrected chi connectivity index (χ0v) is 15.9. The van der Waals surface area contributed by atoms with Crippen molar-refractivity contribution in [3.8, 4) is 0 Å². The number of hydrogen-bond acceptors (Lipinski definition) is 5. The van der Waals surface area contributed by atoms with Crippen LogP contribution < -0.4 is 0 Å². The normalized spacial score (nSPS) is 15.7. The van der Waals surface area contributed by atoms with Crippen molar-refractivity contribution < 1.29 is 19.1 Å². The van der Waals surface area contributed by atoms with Crippen molar-refractivity contribution in [3.63, 3.8) is 0 Å². The molecule has 1 aromatic rings. The Morgan fingerprint density at radius 3 is 1.92 bits per heavy atom. The van der Waals surface area contributed by atoms with Crippen LogP contribution in [0.2, 0.25) is 0 Å². The summed E-state index contributed by atoms with van der Waals surface area (Å²) in [6.45, 7) is 5.74. The van der Waals surface area contributed by atoms with Gasteiger partial charge in [-0.25, -0.2) is 9.59 Å². The minimum Gasteiger partial charge on any atom is -0.466 e. The van der Waals surface area contributed by atoms with Gasteiger partial charge in [0.2, 0.25) is 0 Å². The maximum Gasteiger partial charge on any atom is 0.336 e. The zero-order chi connectivity index (χ0) is 19.3. The van der Waals surface area contributed by atoms with Gasteiger partial charge in [0, 0.05) is 17.6 Å². The number of methoxy groups -OCH3 is 2. The zero-order valence-electron chi connectivity index (χ0n) is 15.9. The SMILES string of the molecule is CCC=CN1C(C)=C(C(=O)OC)C(c2ccccc2)C(C(=O)OC)=C1C. The summed E-state index contributed by atoms with van der Waals surface area (Å²) < 4.78 is 10.1. The van der Waals surface area contributed by atoms with E-state index in [9.17, 15) is 9.59 Å². The fraction of sp³-hybridized carbons (Fsp3) is 0.333. The molecule has 0 N–H and O–H groups in total. The summed E-state index contributed by atoms with van der Waals surface area (Å²) in [6.07, 6.45) is 4.68. The van der Waals surface area contributed by atoms with E-state index in [4.69, 9.17) is 9.47 Å². The molecule has 0 atom stereocenters. The summed E-state index contributed by atoms with van der Waals surface area (Å²) in [5.41, 5.74) is 3.18. The molecule has 0 fully saturated rings. The lowest BCUT2D eigenvalue weighted by molar-refractivity contribution is -0.137. The molecule has 1 aliphatic heterocycles. The fourth-order valence-electron chi connectivity index (χ4n) is 3.24. The van der Waals surface area contributed by atoms with Crippen LogP contribution >= 0.6 is 0 Å². The Morgan fingerprint density at radius 1 is 1.00 bits per heavy atom. The van der Waals surface area contributed by atoms with Crippen LogP contribution in [0.1, 0.15) is 38.7 Å². The molecule has 0 spiro atoms. The van der Waals surface area contributed by atoms with E-state index in [1.54, 1.807) is 0 Å². The highest BCUT2D eigenvalue weighted by atomic mass is 16.5. The first-order valence-corrected chi connectivity index (χ1v) is 8.56. The lowest BCUT2D eigenvalue weighted by Gasteiger charge is -2.36. The van der Waals surface area contributed by atoms with Crippen molar-refractivity contribution in [2.45, 2.75) is 33.1 Å². The number of carbonyl (C=O) groups is 2. The molecular formula is C21H25NO4. The Balaban J connectivity index is 2.78. The van der Waals surface area contributed by atoms with Crippen molar-refractivity contribution in [2.75, 3.05) is 14.2 Å². The monoisotopic (exact) mass is 355 g/mol. The van der Waals surface area contributed by atoms with E-state index in [-0.39, 0.29) is 0 Å². The molecular weight excluding hydrogens is 330 g/mol. The molecule has 5 nitrogen and oxygen atoms in total. The van der Waals surface area contributed by atoms with Crippen LogP contribution in [-0.2, 0) is 19.1 Å². The molecule has 0 saturated heterocycles. The molecule has 0 radical (unpaired) electrons. The first-order valence-electron chi connectivity index (χ1n) is 8.56. The number of benzene rings is 1. The maximum atomic E-state index is 12.6. The quantitative estimate of drug-likeness (QED) is 0.750. The van der Waals surface area contributed by atoms with Gasteiger partial charge in [-0.15, -0.1) is 0 Å². The predicted molar refractivity (Wildman–Crippen MR) is 99.9 cm³/mol. The number of carbonyl (C=O) groups excluding carboxylic acids is 2. The second-order valence-corrected chi connectivity index (χ2v) is 5.99. The van der Waals surface area contributed by atoms with Crippen LogP contribution in [0.3, 0.4) is 0 Å². The summed E-state index contributed by atoms with van der Waals surface area (Å²) in [5.74, 6) is -1.46. The van der Waals surface area contributed by atoms with E-state index < -0.39 is 17.9 Å². The van der Waals surface area contributed by atoms with Gasteiger partial charge < -0.3 is 14.4 Å². The molecule has 5 heteroatoms. The van der Waals surface area contributed by atoms with Crippen LogP contribution in [0, 0.1) is 0 Å². The Labute approximate surface area is 154 Å². The van der Waals surface area contributed by atoms with Gasteiger partial charge in [-0.3, -0.25) is 0 Å². The average Bonchev–Trinajstić information content (AvgIpc) is 2.67. The molecule has 0 unspecified atom stereocenters. The minimum absolute atomic E-state index is 0.436. The minimum atomic E-state index is -0.539. The van der Waals surface area contributed by atoms with E-state index >= 15 is 0 Å². The van der Waals surface area contributed by atoms with E-state index in [1.807, 2.05) is 68.3 Å². The lowest BCUT2D eigenvalue weighted by atomic mass is 9.80. The summed E-state index contributed by atoms with van der Waals surface area (Å²) >= 11 is 0. The Bertz CT molecular complexity index is 734. The highest BCUT2D eigenvalue weighted by molar-refractivity contribution is 5.99. The average molecular weight is 355 g/mol. The summed E-state index contributed by atoms with van der Waals surface area (Å²) in [5, 5.41) is 0. The molecule has 26 heavy (non-hydrogen) atoms. The van der Waals surface area contributed by atoms with E-state index in [1.165, 1.54) is 14.2 Å². The Kier molecular flexibility index (Phi) is 6.39. The number of esters is 2. The van der Waals surface area contributed by atoms with Crippen LogP contribution in [-0.4, -0.2) is 31.1 Å². The molecule has 0 amide bonds. The van der Waals surface area contributed by atoms with Gasteiger partial charge in [0.15, 0.2) is 0 Å². The van der Waals surface area contributed by atoms with Crippen molar-refractivity contribution in [1.29, 1.82) is 0 Å². The third kappa shape index (κ3) is 3.57. The van der Waals surface area contributed by atoms with Crippen LogP contribution in [0.4, 0.5) is 0 Å². The van der Waals surface area contributed by atoms with Crippen molar-refractivity contribution in [3.05, 3.63) is 70.7 Å². The standard InChI is InChI=1S/C21H25NO4/c1-6-7-13-22-14(2)17(20(23)25-4)19(16-11-9-8-10-12-16)18(15(22)3)21(24)26-5/h7-13,19H,6H2,1-5H3. The van der Waals surface area contributed by atoms with Gasteiger partial charge >= 0.3 is 11.9 Å². The van der Waals surface area contributed by atoms with Gasteiger partial charge in [-0.2, -0.15) is 0 Å². The largest absolute Gasteiger partial charge is 0.466 e. The second kappa shape index (κ2) is 8.52. The number of allylic oxidation sites excluding steroid dienone is 3. The third-order valence-corrected chi connectivity index (χ3v) is 4.51. The number of ether oxygens (including phenoxy) is 2. The molecule has 0 saturated carbocycles. The van der Waals surface area contributed by atoms with E-state index in [2.05, 4.69) is 0 Å². The summed E-state index contributed by atoms with van der Waals surface area (Å²) in [6, 6.07) is 9.45. The van der Waals surface area contributed by atoms with Gasteiger partial charge in [0.25, 0.3) is 0 Å². The van der Waals surface area contributed by atoms with Gasteiger partial charge in [-0.05, 0) is 25.8 Å². The molecule has 1 heterocycles.